The Balaban J connectivity index is 4.97. The van der Waals surface area contributed by atoms with Crippen LogP contribution >= 0.6 is 21.6 Å². The van der Waals surface area contributed by atoms with Crippen molar-refractivity contribution < 1.29 is 9.47 Å². The predicted octanol–water partition coefficient (Wildman–Crippen LogP) is 9.47. The first-order chi connectivity index (χ1) is 16.7. The molecule has 0 fully saturated rings. The standard InChI is InChI=1S/C28H62O2S2Si2/c1-7-13-19-29-27(33(21-15-9-3)22-16-10-4)25-31-32-26-28(30-20-14-8-2)34(23-17-11-5)24-18-12-6/h27-28,33-34H,7-26H2,1-6H3. The molecule has 0 aromatic heterocycles. The lowest BCUT2D eigenvalue weighted by Crippen LogP contribution is -2.36. The van der Waals surface area contributed by atoms with Gasteiger partial charge in [-0.1, -0.05) is 152 Å². The van der Waals surface area contributed by atoms with Crippen molar-refractivity contribution in [3.8, 4) is 0 Å². The van der Waals surface area contributed by atoms with E-state index in [1.54, 1.807) is 0 Å². The topological polar surface area (TPSA) is 18.5 Å². The molecular weight excluding hydrogens is 489 g/mol. The van der Waals surface area contributed by atoms with Gasteiger partial charge >= 0.3 is 0 Å². The zero-order chi connectivity index (χ0) is 25.3. The van der Waals surface area contributed by atoms with E-state index in [0.717, 1.165) is 13.2 Å². The summed E-state index contributed by atoms with van der Waals surface area (Å²) in [6.45, 7) is 15.9. The van der Waals surface area contributed by atoms with Crippen molar-refractivity contribution in [3.63, 3.8) is 0 Å². The SMILES string of the molecule is CCCCOC(CSSCC(OCCCC)[SiH](CCCC)CCCC)[SiH](CCCC)CCCC. The van der Waals surface area contributed by atoms with Crippen LogP contribution in [0.3, 0.4) is 0 Å². The first kappa shape index (κ1) is 35.1. The molecule has 6 heteroatoms. The number of rotatable bonds is 27. The molecule has 2 atom stereocenters. The summed E-state index contributed by atoms with van der Waals surface area (Å²) in [5.41, 5.74) is 1.13. The summed E-state index contributed by atoms with van der Waals surface area (Å²) >= 11 is 0. The van der Waals surface area contributed by atoms with E-state index in [1.165, 1.54) is 113 Å². The van der Waals surface area contributed by atoms with Crippen LogP contribution in [0, 0.1) is 0 Å². The summed E-state index contributed by atoms with van der Waals surface area (Å²) in [6.07, 6.45) is 15.8. The Morgan fingerprint density at radius 3 is 1.03 bits per heavy atom. The molecule has 0 aromatic carbocycles. The van der Waals surface area contributed by atoms with Crippen LogP contribution in [0.1, 0.15) is 119 Å². The Bertz CT molecular complexity index is 353. The second kappa shape index (κ2) is 27.1. The second-order valence-electron chi connectivity index (χ2n) is 10.2. The normalized spacial score (nSPS) is 13.8. The van der Waals surface area contributed by atoms with E-state index in [2.05, 4.69) is 63.1 Å². The van der Waals surface area contributed by atoms with E-state index in [1.807, 2.05) is 0 Å². The molecule has 0 N–H and O–H groups in total. The lowest BCUT2D eigenvalue weighted by atomic mass is 10.4. The molecule has 2 nitrogen and oxygen atoms in total. The highest BCUT2D eigenvalue weighted by atomic mass is 33.1. The van der Waals surface area contributed by atoms with Gasteiger partial charge in [0.2, 0.25) is 0 Å². The minimum atomic E-state index is -0.846. The van der Waals surface area contributed by atoms with Crippen LogP contribution in [-0.4, -0.2) is 53.8 Å². The average molecular weight is 551 g/mol. The van der Waals surface area contributed by atoms with Crippen molar-refractivity contribution in [1.82, 2.24) is 0 Å². The Morgan fingerprint density at radius 2 is 0.765 bits per heavy atom. The molecule has 0 rings (SSSR count). The van der Waals surface area contributed by atoms with Crippen LogP contribution in [0.5, 0.6) is 0 Å². The molecule has 0 saturated heterocycles. The largest absolute Gasteiger partial charge is 0.381 e. The Kier molecular flexibility index (Phi) is 27.9. The minimum absolute atomic E-state index is 0.565. The van der Waals surface area contributed by atoms with E-state index in [9.17, 15) is 0 Å². The van der Waals surface area contributed by atoms with Crippen LogP contribution in [0.25, 0.3) is 0 Å². The third kappa shape index (κ3) is 19.2. The van der Waals surface area contributed by atoms with Crippen molar-refractivity contribution in [2.24, 2.45) is 0 Å². The quantitative estimate of drug-likeness (QED) is 0.0575. The molecule has 0 saturated carbocycles. The summed E-state index contributed by atoms with van der Waals surface area (Å²) in [7, 11) is 2.54. The summed E-state index contributed by atoms with van der Waals surface area (Å²) in [6, 6.07) is 5.91. The molecule has 0 heterocycles. The summed E-state index contributed by atoms with van der Waals surface area (Å²) < 4.78 is 13.2. The summed E-state index contributed by atoms with van der Waals surface area (Å²) in [4.78, 5) is 0. The third-order valence-corrected chi connectivity index (χ3v) is 17.6. The zero-order valence-electron chi connectivity index (χ0n) is 24.1. The minimum Gasteiger partial charge on any atom is -0.381 e. The molecule has 0 aliphatic rings. The van der Waals surface area contributed by atoms with Crippen LogP contribution in [0.4, 0.5) is 0 Å². The fourth-order valence-electron chi connectivity index (χ4n) is 4.53. The fourth-order valence-corrected chi connectivity index (χ4v) is 16.8. The summed E-state index contributed by atoms with van der Waals surface area (Å²) in [5.74, 6) is 2.41. The fraction of sp³-hybridized carbons (Fsp3) is 1.00. The average Bonchev–Trinajstić information content (AvgIpc) is 2.85. The smallest absolute Gasteiger partial charge is 0.0728 e. The monoisotopic (exact) mass is 550 g/mol. The Labute approximate surface area is 226 Å². The molecule has 0 amide bonds. The molecule has 0 spiro atoms. The van der Waals surface area contributed by atoms with Crippen molar-refractivity contribution in [3.05, 3.63) is 0 Å². The molecule has 0 aliphatic heterocycles. The van der Waals surface area contributed by atoms with Crippen molar-refractivity contribution in [1.29, 1.82) is 0 Å². The van der Waals surface area contributed by atoms with Gasteiger partial charge in [0.15, 0.2) is 0 Å². The first-order valence-corrected chi connectivity index (χ1v) is 22.2. The van der Waals surface area contributed by atoms with Gasteiger partial charge in [0, 0.05) is 24.7 Å². The molecule has 206 valence electrons. The van der Waals surface area contributed by atoms with E-state index in [0.29, 0.717) is 11.5 Å². The van der Waals surface area contributed by atoms with Gasteiger partial charge in [-0.25, -0.2) is 0 Å². The van der Waals surface area contributed by atoms with Gasteiger partial charge in [-0.15, -0.1) is 0 Å². The number of unbranched alkanes of at least 4 members (excludes halogenated alkanes) is 6. The van der Waals surface area contributed by atoms with Crippen molar-refractivity contribution in [2.45, 2.75) is 154 Å². The first-order valence-electron chi connectivity index (χ1n) is 15.2. The Morgan fingerprint density at radius 1 is 0.471 bits per heavy atom. The summed E-state index contributed by atoms with van der Waals surface area (Å²) in [5, 5.41) is 0. The molecule has 0 radical (unpaired) electrons. The second-order valence-corrected chi connectivity index (χ2v) is 19.6. The number of hydrogen-bond donors (Lipinski definition) is 0. The van der Waals surface area contributed by atoms with E-state index < -0.39 is 17.6 Å². The molecular formula is C28H62O2S2Si2. The van der Waals surface area contributed by atoms with Crippen molar-refractivity contribution >= 4 is 39.2 Å². The van der Waals surface area contributed by atoms with Crippen LogP contribution in [-0.2, 0) is 9.47 Å². The van der Waals surface area contributed by atoms with Gasteiger partial charge < -0.3 is 9.47 Å². The highest BCUT2D eigenvalue weighted by Crippen LogP contribution is 2.29. The molecule has 34 heavy (non-hydrogen) atoms. The van der Waals surface area contributed by atoms with Crippen LogP contribution in [0.15, 0.2) is 0 Å². The number of hydrogen-bond acceptors (Lipinski definition) is 4. The maximum Gasteiger partial charge on any atom is 0.0728 e. The maximum atomic E-state index is 6.58. The van der Waals surface area contributed by atoms with Gasteiger partial charge in [0.1, 0.15) is 0 Å². The lowest BCUT2D eigenvalue weighted by molar-refractivity contribution is 0.112. The van der Waals surface area contributed by atoms with Gasteiger partial charge in [-0.05, 0) is 12.8 Å². The molecule has 0 bridgehead atoms. The van der Waals surface area contributed by atoms with Gasteiger partial charge in [-0.3, -0.25) is 0 Å². The highest BCUT2D eigenvalue weighted by molar-refractivity contribution is 8.76. The van der Waals surface area contributed by atoms with E-state index in [-0.39, 0.29) is 0 Å². The lowest BCUT2D eigenvalue weighted by Gasteiger charge is -2.28. The Hall–Kier alpha value is 1.05. The number of ether oxygens (including phenoxy) is 2. The third-order valence-electron chi connectivity index (χ3n) is 6.97. The van der Waals surface area contributed by atoms with Gasteiger partial charge in [-0.2, -0.15) is 0 Å². The van der Waals surface area contributed by atoms with Crippen LogP contribution in [0.2, 0.25) is 24.2 Å². The van der Waals surface area contributed by atoms with Gasteiger partial charge in [0.05, 0.1) is 29.0 Å². The van der Waals surface area contributed by atoms with E-state index >= 15 is 0 Å². The maximum absolute atomic E-state index is 6.58. The predicted molar refractivity (Wildman–Crippen MR) is 167 cm³/mol. The van der Waals surface area contributed by atoms with E-state index in [4.69, 9.17) is 9.47 Å². The van der Waals surface area contributed by atoms with Crippen molar-refractivity contribution in [2.75, 3.05) is 24.7 Å². The molecule has 0 aliphatic carbocycles. The van der Waals surface area contributed by atoms with Crippen LogP contribution < -0.4 is 0 Å². The highest BCUT2D eigenvalue weighted by Gasteiger charge is 2.26. The zero-order valence-corrected chi connectivity index (χ0v) is 28.0. The molecule has 0 aromatic rings. The molecule has 2 unspecified atom stereocenters. The van der Waals surface area contributed by atoms with Gasteiger partial charge in [0.25, 0.3) is 0 Å².